The summed E-state index contributed by atoms with van der Waals surface area (Å²) in [6.45, 7) is 1.94. The predicted octanol–water partition coefficient (Wildman–Crippen LogP) is 2.16. The second kappa shape index (κ2) is 8.07. The van der Waals surface area contributed by atoms with Gasteiger partial charge in [0.2, 0.25) is 10.0 Å². The Labute approximate surface area is 153 Å². The van der Waals surface area contributed by atoms with Crippen molar-refractivity contribution in [2.24, 2.45) is 0 Å². The molecule has 0 aliphatic carbocycles. The molecule has 7 heteroatoms. The first-order chi connectivity index (χ1) is 12.4. The lowest BCUT2D eigenvalue weighted by Gasteiger charge is -2.33. The van der Waals surface area contributed by atoms with Crippen LogP contribution < -0.4 is 0 Å². The summed E-state index contributed by atoms with van der Waals surface area (Å²) >= 11 is 0. The second-order valence-electron chi connectivity index (χ2n) is 6.35. The number of Topliss-reactive ketones (excluding diaryl/α,β-unsaturated/α-hetero) is 1. The molecule has 1 fully saturated rings. The van der Waals surface area contributed by atoms with E-state index in [4.69, 9.17) is 0 Å². The minimum absolute atomic E-state index is 0.0116. The quantitative estimate of drug-likeness (QED) is 0.725. The molecule has 1 heterocycles. The van der Waals surface area contributed by atoms with Crippen LogP contribution in [0.1, 0.15) is 15.9 Å². The summed E-state index contributed by atoms with van der Waals surface area (Å²) < 4.78 is 39.5. The summed E-state index contributed by atoms with van der Waals surface area (Å²) in [5, 5.41) is 0. The van der Waals surface area contributed by atoms with E-state index in [9.17, 15) is 17.6 Å². The van der Waals surface area contributed by atoms with Crippen LogP contribution in [0.3, 0.4) is 0 Å². The van der Waals surface area contributed by atoms with Gasteiger partial charge in [0.15, 0.2) is 5.78 Å². The van der Waals surface area contributed by atoms with E-state index in [0.717, 1.165) is 5.56 Å². The van der Waals surface area contributed by atoms with Gasteiger partial charge in [-0.1, -0.05) is 30.3 Å². The molecule has 0 aromatic heterocycles. The largest absolute Gasteiger partial charge is 0.293 e. The van der Waals surface area contributed by atoms with Crippen LogP contribution in [0.15, 0.2) is 54.6 Å². The smallest absolute Gasteiger partial charge is 0.218 e. The highest BCUT2D eigenvalue weighted by atomic mass is 32.2. The Hall–Kier alpha value is -2.09. The van der Waals surface area contributed by atoms with Gasteiger partial charge in [-0.15, -0.1) is 0 Å². The molecule has 138 valence electrons. The number of nitrogens with zero attached hydrogens (tertiary/aromatic N) is 2. The number of carbonyl (C=O) groups excluding carboxylic acids is 1. The van der Waals surface area contributed by atoms with Gasteiger partial charge in [0.1, 0.15) is 5.82 Å². The van der Waals surface area contributed by atoms with Crippen LogP contribution in [0.25, 0.3) is 0 Å². The molecule has 26 heavy (non-hydrogen) atoms. The zero-order valence-corrected chi connectivity index (χ0v) is 15.2. The van der Waals surface area contributed by atoms with Gasteiger partial charge in [0.05, 0.1) is 12.3 Å². The zero-order chi connectivity index (χ0) is 18.6. The highest BCUT2D eigenvalue weighted by Gasteiger charge is 2.27. The molecular weight excluding hydrogens is 355 g/mol. The number of benzene rings is 2. The number of hydrogen-bond donors (Lipinski definition) is 0. The Morgan fingerprint density at radius 3 is 2.15 bits per heavy atom. The second-order valence-corrected chi connectivity index (χ2v) is 8.32. The number of sulfonamides is 1. The summed E-state index contributed by atoms with van der Waals surface area (Å²) in [5.74, 6) is -0.480. The number of ketones is 1. The van der Waals surface area contributed by atoms with E-state index in [1.165, 1.54) is 28.6 Å². The lowest BCUT2D eigenvalue weighted by atomic mass is 10.1. The molecule has 0 atom stereocenters. The average Bonchev–Trinajstić information content (AvgIpc) is 2.63. The van der Waals surface area contributed by atoms with Crippen LogP contribution in [-0.2, 0) is 15.8 Å². The summed E-state index contributed by atoms with van der Waals surface area (Å²) in [7, 11) is -3.37. The van der Waals surface area contributed by atoms with Crippen LogP contribution in [-0.4, -0.2) is 56.1 Å². The van der Waals surface area contributed by atoms with E-state index in [1.54, 1.807) is 12.1 Å². The van der Waals surface area contributed by atoms with Crippen LogP contribution in [0, 0.1) is 5.82 Å². The summed E-state index contributed by atoms with van der Waals surface area (Å²) in [6.07, 6.45) is 0. The first-order valence-corrected chi connectivity index (χ1v) is 10.1. The van der Waals surface area contributed by atoms with Crippen molar-refractivity contribution in [3.8, 4) is 0 Å². The fourth-order valence-electron chi connectivity index (χ4n) is 2.97. The first-order valence-electron chi connectivity index (χ1n) is 8.47. The Morgan fingerprint density at radius 1 is 0.923 bits per heavy atom. The van der Waals surface area contributed by atoms with Crippen molar-refractivity contribution in [1.82, 2.24) is 9.21 Å². The summed E-state index contributed by atoms with van der Waals surface area (Å²) in [5.41, 5.74) is 1.23. The van der Waals surface area contributed by atoms with E-state index in [2.05, 4.69) is 0 Å². The fourth-order valence-corrected chi connectivity index (χ4v) is 4.49. The Bertz CT molecular complexity index is 846. The fraction of sp³-hybridized carbons (Fsp3) is 0.316. The van der Waals surface area contributed by atoms with Crippen LogP contribution in [0.2, 0.25) is 0 Å². The molecular formula is C19H21FN2O3S. The van der Waals surface area contributed by atoms with Gasteiger partial charge in [-0.05, 0) is 29.8 Å². The van der Waals surface area contributed by atoms with E-state index < -0.39 is 10.0 Å². The number of carbonyl (C=O) groups is 1. The minimum atomic E-state index is -3.37. The Balaban J connectivity index is 1.53. The van der Waals surface area contributed by atoms with Crippen LogP contribution in [0.4, 0.5) is 4.39 Å². The highest BCUT2D eigenvalue weighted by Crippen LogP contribution is 2.14. The molecule has 3 rings (SSSR count). The van der Waals surface area contributed by atoms with Crippen molar-refractivity contribution < 1.29 is 17.6 Å². The molecule has 2 aromatic carbocycles. The van der Waals surface area contributed by atoms with Crippen LogP contribution in [0.5, 0.6) is 0 Å². The molecule has 2 aromatic rings. The van der Waals surface area contributed by atoms with Gasteiger partial charge >= 0.3 is 0 Å². The third-order valence-corrected chi connectivity index (χ3v) is 6.30. The molecule has 0 bridgehead atoms. The molecule has 0 radical (unpaired) electrons. The monoisotopic (exact) mass is 376 g/mol. The van der Waals surface area contributed by atoms with Crippen molar-refractivity contribution >= 4 is 15.8 Å². The van der Waals surface area contributed by atoms with Gasteiger partial charge in [-0.2, -0.15) is 4.31 Å². The van der Waals surface area contributed by atoms with Gasteiger partial charge < -0.3 is 0 Å². The van der Waals surface area contributed by atoms with E-state index >= 15 is 0 Å². The summed E-state index contributed by atoms with van der Waals surface area (Å²) in [6, 6.07) is 14.6. The van der Waals surface area contributed by atoms with Crippen molar-refractivity contribution in [3.63, 3.8) is 0 Å². The van der Waals surface area contributed by atoms with Crippen molar-refractivity contribution in [1.29, 1.82) is 0 Å². The maximum atomic E-state index is 12.9. The zero-order valence-electron chi connectivity index (χ0n) is 14.3. The number of halogens is 1. The standard InChI is InChI=1S/C19H21FN2O3S/c20-18-8-6-17(7-9-18)19(23)14-21-10-12-22(13-11-21)26(24,25)15-16-4-2-1-3-5-16/h1-9H,10-15H2. The molecule has 0 amide bonds. The SMILES string of the molecule is O=C(CN1CCN(S(=O)(=O)Cc2ccccc2)CC1)c1ccc(F)cc1. The predicted molar refractivity (Wildman–Crippen MR) is 97.8 cm³/mol. The Morgan fingerprint density at radius 2 is 1.54 bits per heavy atom. The number of piperazine rings is 1. The van der Waals surface area contributed by atoms with E-state index in [0.29, 0.717) is 31.7 Å². The number of hydrogen-bond acceptors (Lipinski definition) is 4. The first kappa shape index (κ1) is 18.7. The topological polar surface area (TPSA) is 57.7 Å². The van der Waals surface area contributed by atoms with Gasteiger partial charge in [0, 0.05) is 31.7 Å². The van der Waals surface area contributed by atoms with E-state index in [-0.39, 0.29) is 23.9 Å². The van der Waals surface area contributed by atoms with Gasteiger partial charge in [-0.3, -0.25) is 9.69 Å². The molecule has 0 unspecified atom stereocenters. The van der Waals surface area contributed by atoms with Crippen molar-refractivity contribution in [2.45, 2.75) is 5.75 Å². The minimum Gasteiger partial charge on any atom is -0.293 e. The molecule has 5 nitrogen and oxygen atoms in total. The van der Waals surface area contributed by atoms with Crippen molar-refractivity contribution in [3.05, 3.63) is 71.5 Å². The van der Waals surface area contributed by atoms with Gasteiger partial charge in [-0.25, -0.2) is 12.8 Å². The molecule has 0 N–H and O–H groups in total. The van der Waals surface area contributed by atoms with Gasteiger partial charge in [0.25, 0.3) is 0 Å². The molecule has 0 spiro atoms. The molecule has 1 aliphatic heterocycles. The molecule has 1 saturated heterocycles. The maximum Gasteiger partial charge on any atom is 0.218 e. The lowest BCUT2D eigenvalue weighted by Crippen LogP contribution is -2.50. The third-order valence-electron chi connectivity index (χ3n) is 4.45. The molecule has 1 aliphatic rings. The normalized spacial score (nSPS) is 16.5. The van der Waals surface area contributed by atoms with Crippen LogP contribution >= 0.6 is 0 Å². The average molecular weight is 376 g/mol. The Kier molecular flexibility index (Phi) is 5.80. The number of rotatable bonds is 6. The van der Waals surface area contributed by atoms with E-state index in [1.807, 2.05) is 23.1 Å². The summed E-state index contributed by atoms with van der Waals surface area (Å²) in [4.78, 5) is 14.2. The molecule has 0 saturated carbocycles. The van der Waals surface area contributed by atoms with Crippen molar-refractivity contribution in [2.75, 3.05) is 32.7 Å². The third kappa shape index (κ3) is 4.75. The lowest BCUT2D eigenvalue weighted by molar-refractivity contribution is 0.0901. The maximum absolute atomic E-state index is 12.9. The highest BCUT2D eigenvalue weighted by molar-refractivity contribution is 7.88.